The van der Waals surface area contributed by atoms with E-state index < -0.39 is 0 Å². The van der Waals surface area contributed by atoms with Gasteiger partial charge in [0.2, 0.25) is 0 Å². The molecule has 45 heavy (non-hydrogen) atoms. The molecule has 0 aliphatic carbocycles. The summed E-state index contributed by atoms with van der Waals surface area (Å²) in [6.45, 7) is 0. The first kappa shape index (κ1) is 25.4. The molecule has 4 nitrogen and oxygen atoms in total. The van der Waals surface area contributed by atoms with Gasteiger partial charge in [0.15, 0.2) is 17.5 Å². The minimum atomic E-state index is 0.632. The summed E-state index contributed by atoms with van der Waals surface area (Å²) in [5.74, 6) is 1.92. The molecule has 0 aliphatic heterocycles. The molecule has 210 valence electrons. The fourth-order valence-electron chi connectivity index (χ4n) is 6.19. The number of furan rings is 1. The summed E-state index contributed by atoms with van der Waals surface area (Å²) in [7, 11) is 0. The average molecular weight is 576 g/mol. The van der Waals surface area contributed by atoms with Gasteiger partial charge in [-0.15, -0.1) is 0 Å². The van der Waals surface area contributed by atoms with Gasteiger partial charge in [-0.3, -0.25) is 0 Å². The van der Waals surface area contributed by atoms with Gasteiger partial charge >= 0.3 is 0 Å². The Morgan fingerprint density at radius 1 is 0.356 bits per heavy atom. The molecule has 0 bridgehead atoms. The van der Waals surface area contributed by atoms with Crippen LogP contribution in [-0.4, -0.2) is 15.0 Å². The number of nitrogens with zero attached hydrogens (tertiary/aromatic N) is 3. The lowest BCUT2D eigenvalue weighted by molar-refractivity contribution is 0.670. The zero-order chi connectivity index (χ0) is 29.7. The third kappa shape index (κ3) is 4.43. The molecule has 0 saturated heterocycles. The number of benzene rings is 7. The van der Waals surface area contributed by atoms with Crippen molar-refractivity contribution in [3.8, 4) is 45.3 Å². The summed E-state index contributed by atoms with van der Waals surface area (Å²) in [6.07, 6.45) is 0. The lowest BCUT2D eigenvalue weighted by atomic mass is 10.00. The molecule has 7 aromatic carbocycles. The van der Waals surface area contributed by atoms with E-state index >= 15 is 0 Å². The first-order chi connectivity index (χ1) is 22.3. The number of aromatic nitrogens is 3. The maximum Gasteiger partial charge on any atom is 0.164 e. The summed E-state index contributed by atoms with van der Waals surface area (Å²) in [5, 5.41) is 6.95. The van der Waals surface area contributed by atoms with Gasteiger partial charge in [-0.05, 0) is 45.3 Å². The van der Waals surface area contributed by atoms with Gasteiger partial charge < -0.3 is 4.42 Å². The fraction of sp³-hybridized carbons (Fsp3) is 0. The second-order valence-electron chi connectivity index (χ2n) is 11.3. The van der Waals surface area contributed by atoms with Gasteiger partial charge in [0.25, 0.3) is 0 Å². The Bertz CT molecular complexity index is 2530. The van der Waals surface area contributed by atoms with E-state index in [1.807, 2.05) is 30.3 Å². The van der Waals surface area contributed by atoms with Gasteiger partial charge in [0.05, 0.1) is 0 Å². The van der Waals surface area contributed by atoms with Crippen LogP contribution in [0.1, 0.15) is 0 Å². The van der Waals surface area contributed by atoms with Crippen LogP contribution < -0.4 is 0 Å². The zero-order valence-corrected chi connectivity index (χ0v) is 24.2. The maximum atomic E-state index is 6.49. The number of hydrogen-bond donors (Lipinski definition) is 0. The monoisotopic (exact) mass is 575 g/mol. The highest BCUT2D eigenvalue weighted by atomic mass is 16.3. The lowest BCUT2D eigenvalue weighted by Gasteiger charge is -2.10. The van der Waals surface area contributed by atoms with E-state index in [1.54, 1.807) is 0 Å². The smallest absolute Gasteiger partial charge is 0.164 e. The third-order valence-corrected chi connectivity index (χ3v) is 8.49. The van der Waals surface area contributed by atoms with E-state index in [-0.39, 0.29) is 0 Å². The predicted molar refractivity (Wildman–Crippen MR) is 184 cm³/mol. The maximum absolute atomic E-state index is 6.49. The Balaban J connectivity index is 1.15. The predicted octanol–water partition coefficient (Wildman–Crippen LogP) is 10.7. The van der Waals surface area contributed by atoms with Crippen LogP contribution in [0.25, 0.3) is 88.8 Å². The summed E-state index contributed by atoms with van der Waals surface area (Å²) in [5.41, 5.74) is 6.73. The molecule has 0 unspecified atom stereocenters. The Morgan fingerprint density at radius 2 is 0.911 bits per heavy atom. The van der Waals surface area contributed by atoms with Crippen LogP contribution in [0.3, 0.4) is 0 Å². The molecule has 4 heteroatoms. The zero-order valence-electron chi connectivity index (χ0n) is 24.2. The van der Waals surface area contributed by atoms with Crippen LogP contribution in [0.15, 0.2) is 156 Å². The molecule has 0 N–H and O–H groups in total. The molecule has 2 aromatic heterocycles. The molecular formula is C41H25N3O. The molecule has 0 aliphatic rings. The fourth-order valence-corrected chi connectivity index (χ4v) is 6.19. The molecule has 0 atom stereocenters. The van der Waals surface area contributed by atoms with Crippen LogP contribution in [0.5, 0.6) is 0 Å². The summed E-state index contributed by atoms with van der Waals surface area (Å²) in [6, 6.07) is 52.3. The Hall–Kier alpha value is -6.13. The largest absolute Gasteiger partial charge is 0.455 e. The van der Waals surface area contributed by atoms with Crippen molar-refractivity contribution in [2.75, 3.05) is 0 Å². The first-order valence-corrected chi connectivity index (χ1v) is 15.0. The molecule has 2 heterocycles. The van der Waals surface area contributed by atoms with Crippen molar-refractivity contribution in [2.45, 2.75) is 0 Å². The number of hydrogen-bond acceptors (Lipinski definition) is 4. The highest BCUT2D eigenvalue weighted by Gasteiger charge is 2.15. The molecular weight excluding hydrogens is 550 g/mol. The van der Waals surface area contributed by atoms with Crippen LogP contribution in [-0.2, 0) is 0 Å². The topological polar surface area (TPSA) is 51.8 Å². The van der Waals surface area contributed by atoms with E-state index in [1.165, 1.54) is 16.2 Å². The van der Waals surface area contributed by atoms with E-state index in [2.05, 4.69) is 121 Å². The Morgan fingerprint density at radius 3 is 1.64 bits per heavy atom. The second-order valence-corrected chi connectivity index (χ2v) is 11.3. The molecule has 9 rings (SSSR count). The van der Waals surface area contributed by atoms with E-state index in [4.69, 9.17) is 19.4 Å². The standard InChI is InChI=1S/C41H25N3O/c1-2-10-28(11-3-1)39-42-40(44-41(43-39)33-22-17-26-9-4-5-12-30(26)23-33)29-20-18-27(19-21-29)34-15-8-16-35-36-24-31-13-6-7-14-32(31)25-37(36)45-38(34)35/h1-25H. The second kappa shape index (κ2) is 10.2. The van der Waals surface area contributed by atoms with Crippen LogP contribution in [0.2, 0.25) is 0 Å². The average Bonchev–Trinajstić information content (AvgIpc) is 3.48. The minimum Gasteiger partial charge on any atom is -0.455 e. The molecule has 0 saturated carbocycles. The Labute approximate surface area is 259 Å². The molecule has 0 fully saturated rings. The lowest BCUT2D eigenvalue weighted by Crippen LogP contribution is -2.00. The minimum absolute atomic E-state index is 0.632. The normalized spacial score (nSPS) is 11.6. The Kier molecular flexibility index (Phi) is 5.78. The van der Waals surface area contributed by atoms with Crippen LogP contribution in [0.4, 0.5) is 0 Å². The number of para-hydroxylation sites is 1. The highest BCUT2D eigenvalue weighted by Crippen LogP contribution is 2.38. The van der Waals surface area contributed by atoms with Gasteiger partial charge in [-0.2, -0.15) is 0 Å². The van der Waals surface area contributed by atoms with Gasteiger partial charge in [0, 0.05) is 33.0 Å². The summed E-state index contributed by atoms with van der Waals surface area (Å²) >= 11 is 0. The SMILES string of the molecule is c1ccc(-c2nc(-c3ccc(-c4cccc5c4oc4cc6ccccc6cc45)cc3)nc(-c3ccc4ccccc4c3)n2)cc1. The van der Waals surface area contributed by atoms with E-state index in [0.717, 1.165) is 55.1 Å². The highest BCUT2D eigenvalue weighted by molar-refractivity contribution is 6.13. The summed E-state index contributed by atoms with van der Waals surface area (Å²) in [4.78, 5) is 14.8. The van der Waals surface area contributed by atoms with Crippen LogP contribution >= 0.6 is 0 Å². The summed E-state index contributed by atoms with van der Waals surface area (Å²) < 4.78 is 6.49. The van der Waals surface area contributed by atoms with Gasteiger partial charge in [0.1, 0.15) is 11.2 Å². The molecule has 0 radical (unpaired) electrons. The van der Waals surface area contributed by atoms with E-state index in [0.29, 0.717) is 17.5 Å². The number of rotatable bonds is 4. The van der Waals surface area contributed by atoms with Crippen molar-refractivity contribution in [1.29, 1.82) is 0 Å². The van der Waals surface area contributed by atoms with Gasteiger partial charge in [-0.25, -0.2) is 15.0 Å². The quantitative estimate of drug-likeness (QED) is 0.209. The van der Waals surface area contributed by atoms with Crippen LogP contribution in [0, 0.1) is 0 Å². The third-order valence-electron chi connectivity index (χ3n) is 8.49. The number of fused-ring (bicyclic) bond motifs is 5. The first-order valence-electron chi connectivity index (χ1n) is 15.0. The molecule has 0 spiro atoms. The van der Waals surface area contributed by atoms with E-state index in [9.17, 15) is 0 Å². The molecule has 0 amide bonds. The van der Waals surface area contributed by atoms with Crippen molar-refractivity contribution < 1.29 is 4.42 Å². The van der Waals surface area contributed by atoms with Gasteiger partial charge in [-0.1, -0.05) is 133 Å². The van der Waals surface area contributed by atoms with Crippen molar-refractivity contribution in [2.24, 2.45) is 0 Å². The molecule has 9 aromatic rings. The van der Waals surface area contributed by atoms with Crippen molar-refractivity contribution in [3.63, 3.8) is 0 Å². The van der Waals surface area contributed by atoms with Crippen molar-refractivity contribution in [1.82, 2.24) is 15.0 Å². The van der Waals surface area contributed by atoms with Crippen molar-refractivity contribution in [3.05, 3.63) is 152 Å². The van der Waals surface area contributed by atoms with Crippen molar-refractivity contribution >= 4 is 43.5 Å².